The number of aryl methyl sites for hydroxylation is 1. The largest absolute Gasteiger partial charge is 0.364 e. The average Bonchev–Trinajstić information content (AvgIpc) is 3.18. The Labute approximate surface area is 145 Å². The number of ketones is 1. The van der Waals surface area contributed by atoms with Gasteiger partial charge in [-0.15, -0.1) is 0 Å². The fraction of sp³-hybridized carbons (Fsp3) is 0.529. The fourth-order valence-corrected chi connectivity index (χ4v) is 2.78. The summed E-state index contributed by atoms with van der Waals surface area (Å²) in [5.74, 6) is 0.743. The fourth-order valence-electron chi connectivity index (χ4n) is 2.78. The van der Waals surface area contributed by atoms with E-state index in [1.165, 1.54) is 0 Å². The molecular formula is C17H22N4O4. The minimum absolute atomic E-state index is 0.0675. The summed E-state index contributed by atoms with van der Waals surface area (Å²) < 4.78 is 12.4. The van der Waals surface area contributed by atoms with Crippen LogP contribution in [0, 0.1) is 6.92 Å². The zero-order valence-electron chi connectivity index (χ0n) is 14.8. The highest BCUT2D eigenvalue weighted by molar-refractivity contribution is 5.91. The van der Waals surface area contributed by atoms with Gasteiger partial charge in [-0.3, -0.25) is 14.3 Å². The Kier molecular flexibility index (Phi) is 4.47. The number of carbonyl (C=O) groups is 2. The number of carbonyl (C=O) groups excluding carboxylic acids is 2. The highest BCUT2D eigenvalue weighted by Gasteiger charge is 2.31. The molecule has 8 nitrogen and oxygen atoms in total. The molecule has 1 atom stereocenters. The van der Waals surface area contributed by atoms with Gasteiger partial charge >= 0.3 is 0 Å². The molecule has 8 heteroatoms. The van der Waals surface area contributed by atoms with Gasteiger partial charge in [0.2, 0.25) is 5.91 Å². The van der Waals surface area contributed by atoms with E-state index in [1.54, 1.807) is 23.7 Å². The predicted molar refractivity (Wildman–Crippen MR) is 89.1 cm³/mol. The van der Waals surface area contributed by atoms with E-state index in [0.29, 0.717) is 18.0 Å². The molecule has 0 aromatic carbocycles. The lowest BCUT2D eigenvalue weighted by atomic mass is 10.1. The van der Waals surface area contributed by atoms with E-state index >= 15 is 0 Å². The standard InChI is InChI=1S/C17H22N4O4/c1-10-5-12(25-20-10)7-16(23)18-15-8-13(14-6-11(22)9-24-14)21(19-15)17(2,3)4/h5,8,14H,6-7,9H2,1-4H3,(H,18,19,23). The normalized spacial score (nSPS) is 17.9. The smallest absolute Gasteiger partial charge is 0.233 e. The number of rotatable bonds is 4. The molecule has 0 bridgehead atoms. The highest BCUT2D eigenvalue weighted by Crippen LogP contribution is 2.31. The number of nitrogens with zero attached hydrogens (tertiary/aromatic N) is 3. The first-order valence-electron chi connectivity index (χ1n) is 8.18. The zero-order chi connectivity index (χ0) is 18.2. The third-order valence-corrected chi connectivity index (χ3v) is 3.84. The molecule has 1 amide bonds. The maximum absolute atomic E-state index is 12.2. The van der Waals surface area contributed by atoms with Crippen LogP contribution in [-0.2, 0) is 26.3 Å². The van der Waals surface area contributed by atoms with Crippen molar-refractivity contribution in [3.8, 4) is 0 Å². The molecule has 0 saturated carbocycles. The Morgan fingerprint density at radius 3 is 2.72 bits per heavy atom. The Morgan fingerprint density at radius 1 is 1.40 bits per heavy atom. The lowest BCUT2D eigenvalue weighted by molar-refractivity contribution is -0.118. The van der Waals surface area contributed by atoms with Crippen LogP contribution in [0.2, 0.25) is 0 Å². The van der Waals surface area contributed by atoms with Crippen LogP contribution < -0.4 is 5.32 Å². The maximum atomic E-state index is 12.2. The number of nitrogens with one attached hydrogen (secondary N) is 1. The third kappa shape index (κ3) is 3.96. The molecule has 2 aromatic rings. The molecule has 3 rings (SSSR count). The van der Waals surface area contributed by atoms with Crippen molar-refractivity contribution >= 4 is 17.5 Å². The molecular weight excluding hydrogens is 324 g/mol. The molecule has 3 heterocycles. The van der Waals surface area contributed by atoms with Crippen LogP contribution in [-0.4, -0.2) is 33.2 Å². The Balaban J connectivity index is 1.78. The summed E-state index contributed by atoms with van der Waals surface area (Å²) in [6.45, 7) is 7.92. The van der Waals surface area contributed by atoms with Gasteiger partial charge in [-0.1, -0.05) is 5.16 Å². The van der Waals surface area contributed by atoms with Crippen molar-refractivity contribution in [1.82, 2.24) is 14.9 Å². The van der Waals surface area contributed by atoms with Crippen LogP contribution in [0.1, 0.15) is 50.4 Å². The van der Waals surface area contributed by atoms with Gasteiger partial charge in [-0.2, -0.15) is 5.10 Å². The molecule has 0 radical (unpaired) electrons. The van der Waals surface area contributed by atoms with Crippen molar-refractivity contribution in [2.24, 2.45) is 0 Å². The number of Topliss-reactive ketones (excluding diaryl/α,β-unsaturated/α-hetero) is 1. The molecule has 1 aliphatic heterocycles. The van der Waals surface area contributed by atoms with E-state index < -0.39 is 0 Å². The van der Waals surface area contributed by atoms with Crippen molar-refractivity contribution in [2.45, 2.75) is 52.2 Å². The molecule has 0 spiro atoms. The van der Waals surface area contributed by atoms with Crippen molar-refractivity contribution < 1.29 is 18.8 Å². The van der Waals surface area contributed by atoms with Crippen LogP contribution in [0.15, 0.2) is 16.7 Å². The minimum atomic E-state index is -0.332. The van der Waals surface area contributed by atoms with Gasteiger partial charge in [0.15, 0.2) is 11.6 Å². The molecule has 134 valence electrons. The second-order valence-electron chi connectivity index (χ2n) is 7.24. The summed E-state index contributed by atoms with van der Waals surface area (Å²) in [6, 6.07) is 3.48. The summed E-state index contributed by atoms with van der Waals surface area (Å²) in [6.07, 6.45) is 0.0746. The lowest BCUT2D eigenvalue weighted by Gasteiger charge is -2.24. The van der Waals surface area contributed by atoms with Gasteiger partial charge in [0, 0.05) is 18.6 Å². The van der Waals surface area contributed by atoms with E-state index in [9.17, 15) is 9.59 Å². The quantitative estimate of drug-likeness (QED) is 0.910. The first-order valence-corrected chi connectivity index (χ1v) is 8.18. The van der Waals surface area contributed by atoms with E-state index in [4.69, 9.17) is 9.26 Å². The molecule has 0 aliphatic carbocycles. The van der Waals surface area contributed by atoms with Gasteiger partial charge in [0.25, 0.3) is 0 Å². The van der Waals surface area contributed by atoms with Gasteiger partial charge in [0.05, 0.1) is 23.3 Å². The maximum Gasteiger partial charge on any atom is 0.233 e. The second kappa shape index (κ2) is 6.44. The van der Waals surface area contributed by atoms with Crippen LogP contribution in [0.4, 0.5) is 5.82 Å². The van der Waals surface area contributed by atoms with Gasteiger partial charge in [-0.05, 0) is 27.7 Å². The van der Waals surface area contributed by atoms with Gasteiger partial charge in [-0.25, -0.2) is 0 Å². The van der Waals surface area contributed by atoms with E-state index in [-0.39, 0.29) is 36.4 Å². The van der Waals surface area contributed by atoms with Gasteiger partial charge in [0.1, 0.15) is 18.5 Å². The van der Waals surface area contributed by atoms with Crippen molar-refractivity contribution in [2.75, 3.05) is 11.9 Å². The van der Waals surface area contributed by atoms with Crippen LogP contribution in [0.5, 0.6) is 0 Å². The predicted octanol–water partition coefficient (Wildman–Crippen LogP) is 2.15. The Hall–Kier alpha value is -2.48. The number of aromatic nitrogens is 3. The number of ether oxygens (including phenoxy) is 1. The van der Waals surface area contributed by atoms with E-state index in [1.807, 2.05) is 20.8 Å². The topological polar surface area (TPSA) is 99.2 Å². The first-order chi connectivity index (χ1) is 11.7. The minimum Gasteiger partial charge on any atom is -0.364 e. The van der Waals surface area contributed by atoms with E-state index in [0.717, 1.165) is 11.4 Å². The molecule has 1 aliphatic rings. The lowest BCUT2D eigenvalue weighted by Crippen LogP contribution is -2.26. The number of hydrogen-bond donors (Lipinski definition) is 1. The summed E-state index contributed by atoms with van der Waals surface area (Å²) in [7, 11) is 0. The van der Waals surface area contributed by atoms with Crippen molar-refractivity contribution in [3.05, 3.63) is 29.3 Å². The summed E-state index contributed by atoms with van der Waals surface area (Å²) in [4.78, 5) is 23.7. The van der Waals surface area contributed by atoms with Crippen molar-refractivity contribution in [3.63, 3.8) is 0 Å². The molecule has 1 saturated heterocycles. The Morgan fingerprint density at radius 2 is 2.16 bits per heavy atom. The SMILES string of the molecule is Cc1cc(CC(=O)Nc2cc(C3CC(=O)CO3)n(C(C)(C)C)n2)on1. The van der Waals surface area contributed by atoms with Crippen LogP contribution in [0.3, 0.4) is 0 Å². The molecule has 1 N–H and O–H groups in total. The van der Waals surface area contributed by atoms with Crippen molar-refractivity contribution in [1.29, 1.82) is 0 Å². The summed E-state index contributed by atoms with van der Waals surface area (Å²) >= 11 is 0. The number of amides is 1. The second-order valence-corrected chi connectivity index (χ2v) is 7.24. The first kappa shape index (κ1) is 17.3. The molecule has 2 aromatic heterocycles. The van der Waals surface area contributed by atoms with Crippen LogP contribution in [0.25, 0.3) is 0 Å². The zero-order valence-corrected chi connectivity index (χ0v) is 14.8. The average molecular weight is 346 g/mol. The highest BCUT2D eigenvalue weighted by atomic mass is 16.5. The monoisotopic (exact) mass is 346 g/mol. The number of hydrogen-bond acceptors (Lipinski definition) is 6. The number of anilines is 1. The molecule has 25 heavy (non-hydrogen) atoms. The van der Waals surface area contributed by atoms with Crippen LogP contribution >= 0.6 is 0 Å². The molecule has 1 fully saturated rings. The Bertz CT molecular complexity index is 800. The van der Waals surface area contributed by atoms with Gasteiger partial charge < -0.3 is 14.6 Å². The summed E-state index contributed by atoms with van der Waals surface area (Å²) in [5, 5.41) is 11.0. The third-order valence-electron chi connectivity index (χ3n) is 3.84. The summed E-state index contributed by atoms with van der Waals surface area (Å²) in [5.41, 5.74) is 1.20. The van der Waals surface area contributed by atoms with E-state index in [2.05, 4.69) is 15.6 Å². The molecule has 1 unspecified atom stereocenters.